The minimum Gasteiger partial charge on any atom is -0.338 e. The Bertz CT molecular complexity index is 590. The fraction of sp³-hybridized carbons (Fsp3) is 0.231. The molecule has 1 N–H and O–H groups in total. The Labute approximate surface area is 114 Å². The Balaban J connectivity index is 2.30. The molecule has 2 aromatic rings. The van der Waals surface area contributed by atoms with E-state index in [4.69, 9.17) is 11.6 Å². The highest BCUT2D eigenvalue weighted by Crippen LogP contribution is 2.22. The molecule has 6 heteroatoms. The van der Waals surface area contributed by atoms with Crippen LogP contribution in [-0.2, 0) is 6.42 Å². The lowest BCUT2D eigenvalue weighted by Gasteiger charge is -2.08. The highest BCUT2D eigenvalue weighted by molar-refractivity contribution is 6.29. The Hall–Kier alpha value is -1.75. The average Bonchev–Trinajstić information content (AvgIpc) is 2.35. The lowest BCUT2D eigenvalue weighted by molar-refractivity contribution is 0.511. The molecule has 0 radical (unpaired) electrons. The number of nitrogens with one attached hydrogen (secondary N) is 1. The standard InChI is InChI=1S/C13H12ClF2N3/c1-2-4-11-18-10(14)7-12(19-11)17-9-6-3-5-8(15)13(9)16/h3,5-7H,2,4H2,1H3,(H,17,18,19). The highest BCUT2D eigenvalue weighted by atomic mass is 35.5. The van der Waals surface area contributed by atoms with Gasteiger partial charge >= 0.3 is 0 Å². The maximum atomic E-state index is 13.5. The molecule has 1 aromatic heterocycles. The second-order valence-electron chi connectivity index (χ2n) is 3.97. The summed E-state index contributed by atoms with van der Waals surface area (Å²) in [5, 5.41) is 2.96. The van der Waals surface area contributed by atoms with Crippen LogP contribution >= 0.6 is 11.6 Å². The summed E-state index contributed by atoms with van der Waals surface area (Å²) in [4.78, 5) is 8.25. The monoisotopic (exact) mass is 283 g/mol. The van der Waals surface area contributed by atoms with Crippen LogP contribution in [0.4, 0.5) is 20.3 Å². The number of hydrogen-bond donors (Lipinski definition) is 1. The summed E-state index contributed by atoms with van der Waals surface area (Å²) in [7, 11) is 0. The van der Waals surface area contributed by atoms with Gasteiger partial charge in [0.25, 0.3) is 0 Å². The van der Waals surface area contributed by atoms with Crippen molar-refractivity contribution in [3.8, 4) is 0 Å². The molecule has 0 bridgehead atoms. The first kappa shape index (κ1) is 13.7. The molecule has 0 spiro atoms. The molecule has 0 aliphatic carbocycles. The minimum absolute atomic E-state index is 0.0113. The zero-order valence-electron chi connectivity index (χ0n) is 10.3. The number of hydrogen-bond acceptors (Lipinski definition) is 3. The van der Waals surface area contributed by atoms with Crippen molar-refractivity contribution in [3.05, 3.63) is 46.9 Å². The Kier molecular flexibility index (Phi) is 4.27. The first-order chi connectivity index (χ1) is 9.10. The van der Waals surface area contributed by atoms with E-state index in [1.165, 1.54) is 18.2 Å². The number of aromatic nitrogens is 2. The van der Waals surface area contributed by atoms with E-state index in [1.807, 2.05) is 6.92 Å². The van der Waals surface area contributed by atoms with E-state index in [0.29, 0.717) is 18.1 Å². The van der Waals surface area contributed by atoms with E-state index >= 15 is 0 Å². The van der Waals surface area contributed by atoms with Crippen LogP contribution in [-0.4, -0.2) is 9.97 Å². The summed E-state index contributed by atoms with van der Waals surface area (Å²) >= 11 is 5.86. The molecule has 2 rings (SSSR count). The number of nitrogens with zero attached hydrogens (tertiary/aromatic N) is 2. The zero-order chi connectivity index (χ0) is 13.8. The smallest absolute Gasteiger partial charge is 0.182 e. The van der Waals surface area contributed by atoms with E-state index in [2.05, 4.69) is 15.3 Å². The molecular weight excluding hydrogens is 272 g/mol. The van der Waals surface area contributed by atoms with E-state index in [-0.39, 0.29) is 10.8 Å². The number of benzene rings is 1. The predicted molar refractivity (Wildman–Crippen MR) is 70.7 cm³/mol. The van der Waals surface area contributed by atoms with Crippen molar-refractivity contribution in [3.63, 3.8) is 0 Å². The van der Waals surface area contributed by atoms with Gasteiger partial charge in [0.05, 0.1) is 5.69 Å². The molecule has 0 atom stereocenters. The summed E-state index contributed by atoms with van der Waals surface area (Å²) in [6, 6.07) is 5.35. The zero-order valence-corrected chi connectivity index (χ0v) is 11.0. The second-order valence-corrected chi connectivity index (χ2v) is 4.36. The van der Waals surface area contributed by atoms with Gasteiger partial charge in [-0.1, -0.05) is 24.6 Å². The van der Waals surface area contributed by atoms with Crippen LogP contribution in [0.15, 0.2) is 24.3 Å². The number of halogens is 3. The summed E-state index contributed by atoms with van der Waals surface area (Å²) < 4.78 is 26.6. The third-order valence-electron chi connectivity index (χ3n) is 2.43. The lowest BCUT2D eigenvalue weighted by Crippen LogP contribution is -2.02. The molecule has 3 nitrogen and oxygen atoms in total. The molecule has 0 saturated heterocycles. The van der Waals surface area contributed by atoms with Crippen LogP contribution in [0, 0.1) is 11.6 Å². The van der Waals surface area contributed by atoms with Gasteiger partial charge in [-0.25, -0.2) is 18.7 Å². The minimum atomic E-state index is -0.950. The molecular formula is C13H12ClF2N3. The van der Waals surface area contributed by atoms with Crippen LogP contribution in [0.1, 0.15) is 19.2 Å². The van der Waals surface area contributed by atoms with Gasteiger partial charge < -0.3 is 5.32 Å². The van der Waals surface area contributed by atoms with E-state index < -0.39 is 11.6 Å². The molecule has 1 aromatic carbocycles. The van der Waals surface area contributed by atoms with E-state index in [1.54, 1.807) is 0 Å². The molecule has 19 heavy (non-hydrogen) atoms. The molecule has 0 fully saturated rings. The largest absolute Gasteiger partial charge is 0.338 e. The molecule has 0 unspecified atom stereocenters. The van der Waals surface area contributed by atoms with Crippen molar-refractivity contribution in [2.45, 2.75) is 19.8 Å². The first-order valence-corrected chi connectivity index (χ1v) is 6.22. The van der Waals surface area contributed by atoms with Gasteiger partial charge in [0.15, 0.2) is 11.6 Å². The summed E-state index contributed by atoms with van der Waals surface area (Å²) in [6.45, 7) is 1.99. The average molecular weight is 284 g/mol. The maximum Gasteiger partial charge on any atom is 0.182 e. The normalized spacial score (nSPS) is 10.5. The fourth-order valence-electron chi connectivity index (χ4n) is 1.60. The van der Waals surface area contributed by atoms with Gasteiger partial charge in [-0.2, -0.15) is 0 Å². The lowest BCUT2D eigenvalue weighted by atomic mass is 10.3. The predicted octanol–water partition coefficient (Wildman–Crippen LogP) is 4.10. The highest BCUT2D eigenvalue weighted by Gasteiger charge is 2.09. The van der Waals surface area contributed by atoms with E-state index in [0.717, 1.165) is 12.5 Å². The van der Waals surface area contributed by atoms with Crippen LogP contribution in [0.3, 0.4) is 0 Å². The molecule has 0 aliphatic rings. The Morgan fingerprint density at radius 2 is 2.05 bits per heavy atom. The van der Waals surface area contributed by atoms with Gasteiger partial charge in [-0.05, 0) is 18.6 Å². The van der Waals surface area contributed by atoms with Gasteiger partial charge in [0, 0.05) is 12.5 Å². The molecule has 0 saturated carbocycles. The van der Waals surface area contributed by atoms with Crippen molar-refractivity contribution < 1.29 is 8.78 Å². The van der Waals surface area contributed by atoms with Crippen LogP contribution in [0.25, 0.3) is 0 Å². The van der Waals surface area contributed by atoms with Crippen molar-refractivity contribution >= 4 is 23.1 Å². The van der Waals surface area contributed by atoms with Gasteiger partial charge in [0.2, 0.25) is 0 Å². The summed E-state index contributed by atoms with van der Waals surface area (Å²) in [5.74, 6) is -0.963. The van der Waals surface area contributed by atoms with Crippen LogP contribution < -0.4 is 5.32 Å². The number of anilines is 2. The van der Waals surface area contributed by atoms with Crippen LogP contribution in [0.5, 0.6) is 0 Å². The van der Waals surface area contributed by atoms with Gasteiger partial charge in [-0.15, -0.1) is 0 Å². The van der Waals surface area contributed by atoms with Crippen molar-refractivity contribution in [1.29, 1.82) is 0 Å². The molecule has 0 aliphatic heterocycles. The van der Waals surface area contributed by atoms with Gasteiger partial charge in [-0.3, -0.25) is 0 Å². The van der Waals surface area contributed by atoms with Crippen LogP contribution in [0.2, 0.25) is 5.15 Å². The number of aryl methyl sites for hydroxylation is 1. The third kappa shape index (κ3) is 3.38. The number of rotatable bonds is 4. The fourth-order valence-corrected chi connectivity index (χ4v) is 1.80. The second kappa shape index (κ2) is 5.93. The molecule has 100 valence electrons. The van der Waals surface area contributed by atoms with Crippen molar-refractivity contribution in [2.75, 3.05) is 5.32 Å². The summed E-state index contributed by atoms with van der Waals surface area (Å²) in [5.41, 5.74) is 0.0113. The Morgan fingerprint density at radius 3 is 2.79 bits per heavy atom. The third-order valence-corrected chi connectivity index (χ3v) is 2.62. The SMILES string of the molecule is CCCc1nc(Cl)cc(Nc2cccc(F)c2F)n1. The molecule has 1 heterocycles. The maximum absolute atomic E-state index is 13.5. The van der Waals surface area contributed by atoms with E-state index in [9.17, 15) is 8.78 Å². The van der Waals surface area contributed by atoms with Gasteiger partial charge in [0.1, 0.15) is 16.8 Å². The quantitative estimate of drug-likeness (QED) is 0.858. The topological polar surface area (TPSA) is 37.8 Å². The van der Waals surface area contributed by atoms with Crippen molar-refractivity contribution in [2.24, 2.45) is 0 Å². The Morgan fingerprint density at radius 1 is 1.26 bits per heavy atom. The first-order valence-electron chi connectivity index (χ1n) is 5.84. The summed E-state index contributed by atoms with van der Waals surface area (Å²) in [6.07, 6.45) is 1.54. The molecule has 0 amide bonds. The van der Waals surface area contributed by atoms with Crippen molar-refractivity contribution in [1.82, 2.24) is 9.97 Å².